The lowest BCUT2D eigenvalue weighted by molar-refractivity contribution is -0.139. The number of aliphatic carboxylic acids is 1. The van der Waals surface area contributed by atoms with E-state index in [1.165, 1.54) is 0 Å². The van der Waals surface area contributed by atoms with Gasteiger partial charge < -0.3 is 20.4 Å². The highest BCUT2D eigenvalue weighted by Crippen LogP contribution is 2.37. The predicted molar refractivity (Wildman–Crippen MR) is 91.5 cm³/mol. The first-order valence-corrected chi connectivity index (χ1v) is 8.34. The number of aliphatic hydroxyl groups is 3. The Labute approximate surface area is 142 Å². The second kappa shape index (κ2) is 7.92. The average Bonchev–Trinajstić information content (AvgIpc) is 2.45. The molecule has 1 aliphatic carbocycles. The Morgan fingerprint density at radius 1 is 1.38 bits per heavy atom. The first-order chi connectivity index (χ1) is 11.3. The molecule has 0 radical (unpaired) electrons. The van der Waals surface area contributed by atoms with Gasteiger partial charge in [-0.1, -0.05) is 31.2 Å². The van der Waals surface area contributed by atoms with Gasteiger partial charge in [-0.15, -0.1) is 0 Å². The number of aliphatic hydroxyl groups excluding tert-OH is 3. The van der Waals surface area contributed by atoms with E-state index in [-0.39, 0.29) is 12.8 Å². The lowest BCUT2D eigenvalue weighted by Gasteiger charge is -2.28. The number of aryl methyl sites for hydroxylation is 1. The Balaban J connectivity index is 2.17. The molecule has 2 rings (SSSR count). The van der Waals surface area contributed by atoms with Crippen LogP contribution in [-0.4, -0.2) is 38.6 Å². The molecule has 132 valence electrons. The molecule has 4 unspecified atom stereocenters. The van der Waals surface area contributed by atoms with Crippen LogP contribution in [0.4, 0.5) is 0 Å². The average molecular weight is 334 g/mol. The van der Waals surface area contributed by atoms with Crippen LogP contribution < -0.4 is 0 Å². The summed E-state index contributed by atoms with van der Waals surface area (Å²) in [5.74, 6) is -0.660. The highest BCUT2D eigenvalue weighted by molar-refractivity contribution is 5.67. The zero-order chi connectivity index (χ0) is 17.9. The number of hydrogen-bond acceptors (Lipinski definition) is 4. The van der Waals surface area contributed by atoms with Gasteiger partial charge >= 0.3 is 5.97 Å². The molecule has 4 atom stereocenters. The summed E-state index contributed by atoms with van der Waals surface area (Å²) < 4.78 is 0. The Morgan fingerprint density at radius 2 is 2.08 bits per heavy atom. The van der Waals surface area contributed by atoms with Crippen LogP contribution in [0.15, 0.2) is 18.2 Å². The summed E-state index contributed by atoms with van der Waals surface area (Å²) in [5, 5.41) is 38.7. The van der Waals surface area contributed by atoms with Crippen LogP contribution in [0.25, 0.3) is 6.08 Å². The fourth-order valence-corrected chi connectivity index (χ4v) is 3.39. The lowest BCUT2D eigenvalue weighted by atomic mass is 9.79. The number of hydrogen-bond donors (Lipinski definition) is 4. The molecule has 5 nitrogen and oxygen atoms in total. The molecule has 0 aliphatic heterocycles. The van der Waals surface area contributed by atoms with Crippen molar-refractivity contribution in [1.29, 1.82) is 0 Å². The van der Waals surface area contributed by atoms with E-state index in [1.54, 1.807) is 12.2 Å². The van der Waals surface area contributed by atoms with Crippen LogP contribution in [0.3, 0.4) is 0 Å². The van der Waals surface area contributed by atoms with Crippen molar-refractivity contribution < 1.29 is 25.2 Å². The molecule has 0 saturated heterocycles. The molecule has 0 bridgehead atoms. The first-order valence-electron chi connectivity index (χ1n) is 8.34. The predicted octanol–water partition coefficient (Wildman–Crippen LogP) is 2.21. The van der Waals surface area contributed by atoms with Crippen molar-refractivity contribution in [1.82, 2.24) is 0 Å². The van der Waals surface area contributed by atoms with Crippen LogP contribution in [0.2, 0.25) is 0 Å². The molecule has 5 heteroatoms. The third-order valence-corrected chi connectivity index (χ3v) is 4.53. The zero-order valence-electron chi connectivity index (χ0n) is 14.1. The molecule has 0 heterocycles. The van der Waals surface area contributed by atoms with Crippen LogP contribution in [0.1, 0.15) is 54.5 Å². The number of benzene rings is 1. The first kappa shape index (κ1) is 18.6. The van der Waals surface area contributed by atoms with Gasteiger partial charge in [-0.3, -0.25) is 4.79 Å². The maximum Gasteiger partial charge on any atom is 0.305 e. The minimum Gasteiger partial charge on any atom is -0.481 e. The van der Waals surface area contributed by atoms with E-state index in [0.717, 1.165) is 35.1 Å². The molecule has 0 aromatic heterocycles. The van der Waals surface area contributed by atoms with Gasteiger partial charge in [0, 0.05) is 6.42 Å². The molecule has 0 amide bonds. The summed E-state index contributed by atoms with van der Waals surface area (Å²) in [7, 11) is 0. The topological polar surface area (TPSA) is 98.0 Å². The van der Waals surface area contributed by atoms with Crippen LogP contribution in [-0.2, 0) is 11.2 Å². The number of carboxylic acids is 1. The van der Waals surface area contributed by atoms with Crippen molar-refractivity contribution in [2.75, 3.05) is 0 Å². The standard InChI is InChI=1S/C19H26O5/c1-11-7-13-4-3-12(2)16(19(13)17(22)8-11)6-5-14(20)9-15(21)10-18(23)24/h3-6,11,14-15,17,20-22H,7-10H2,1-2H3,(H,23,24)/b6-5+. The smallest absolute Gasteiger partial charge is 0.305 e. The highest BCUT2D eigenvalue weighted by atomic mass is 16.4. The number of fused-ring (bicyclic) bond motifs is 1. The summed E-state index contributed by atoms with van der Waals surface area (Å²) in [4.78, 5) is 10.6. The van der Waals surface area contributed by atoms with E-state index in [2.05, 4.69) is 6.92 Å². The van der Waals surface area contributed by atoms with Crippen molar-refractivity contribution in [2.24, 2.45) is 5.92 Å². The highest BCUT2D eigenvalue weighted by Gasteiger charge is 2.25. The summed E-state index contributed by atoms with van der Waals surface area (Å²) in [5.41, 5.74) is 3.96. The fourth-order valence-electron chi connectivity index (χ4n) is 3.39. The molecular formula is C19H26O5. The lowest BCUT2D eigenvalue weighted by Crippen LogP contribution is -2.19. The molecule has 0 fully saturated rings. The minimum absolute atomic E-state index is 0.0313. The number of rotatable bonds is 6. The second-order valence-electron chi connectivity index (χ2n) is 6.84. The molecule has 0 saturated carbocycles. The molecule has 24 heavy (non-hydrogen) atoms. The van der Waals surface area contributed by atoms with Gasteiger partial charge in [-0.05, 0) is 47.9 Å². The third-order valence-electron chi connectivity index (χ3n) is 4.53. The van der Waals surface area contributed by atoms with Gasteiger partial charge in [-0.25, -0.2) is 0 Å². The van der Waals surface area contributed by atoms with Crippen molar-refractivity contribution in [3.8, 4) is 0 Å². The molecule has 4 N–H and O–H groups in total. The second-order valence-corrected chi connectivity index (χ2v) is 6.84. The van der Waals surface area contributed by atoms with Crippen LogP contribution >= 0.6 is 0 Å². The Hall–Kier alpha value is -1.69. The van der Waals surface area contributed by atoms with Gasteiger partial charge in [0.25, 0.3) is 0 Å². The molecule has 0 spiro atoms. The van der Waals surface area contributed by atoms with Gasteiger partial charge in [0.1, 0.15) is 0 Å². The summed E-state index contributed by atoms with van der Waals surface area (Å²) in [6.45, 7) is 4.07. The Bertz CT molecular complexity index is 622. The van der Waals surface area contributed by atoms with Crippen molar-refractivity contribution >= 4 is 12.0 Å². The summed E-state index contributed by atoms with van der Waals surface area (Å²) in [6.07, 6.45) is 2.01. The van der Waals surface area contributed by atoms with Crippen LogP contribution in [0.5, 0.6) is 0 Å². The van der Waals surface area contributed by atoms with E-state index in [1.807, 2.05) is 19.1 Å². The maximum atomic E-state index is 10.6. The molecule has 1 aromatic carbocycles. The minimum atomic E-state index is -1.09. The van der Waals surface area contributed by atoms with Crippen molar-refractivity contribution in [3.63, 3.8) is 0 Å². The van der Waals surface area contributed by atoms with Gasteiger partial charge in [0.15, 0.2) is 0 Å². The van der Waals surface area contributed by atoms with Crippen molar-refractivity contribution in [3.05, 3.63) is 40.5 Å². The monoisotopic (exact) mass is 334 g/mol. The maximum absolute atomic E-state index is 10.6. The summed E-state index contributed by atoms with van der Waals surface area (Å²) >= 11 is 0. The van der Waals surface area contributed by atoms with Gasteiger partial charge in [0.05, 0.1) is 24.7 Å². The van der Waals surface area contributed by atoms with E-state index >= 15 is 0 Å². The molecular weight excluding hydrogens is 308 g/mol. The third kappa shape index (κ3) is 4.66. The van der Waals surface area contributed by atoms with E-state index < -0.39 is 24.3 Å². The van der Waals surface area contributed by atoms with E-state index in [0.29, 0.717) is 5.92 Å². The van der Waals surface area contributed by atoms with Gasteiger partial charge in [0.2, 0.25) is 0 Å². The number of carboxylic acid groups (broad SMARTS) is 1. The number of carbonyl (C=O) groups is 1. The zero-order valence-corrected chi connectivity index (χ0v) is 14.1. The molecule has 1 aromatic rings. The SMILES string of the molecule is Cc1ccc2c(c1/C=C/C(O)CC(O)CC(=O)O)C(O)CC(C)C2. The van der Waals surface area contributed by atoms with Crippen LogP contribution in [0, 0.1) is 12.8 Å². The fraction of sp³-hybridized carbons (Fsp3) is 0.526. The summed E-state index contributed by atoms with van der Waals surface area (Å²) in [6, 6.07) is 4.06. The largest absolute Gasteiger partial charge is 0.481 e. The normalized spacial score (nSPS) is 23.0. The quantitative estimate of drug-likeness (QED) is 0.639. The van der Waals surface area contributed by atoms with E-state index in [9.17, 15) is 20.1 Å². The van der Waals surface area contributed by atoms with Gasteiger partial charge in [-0.2, -0.15) is 0 Å². The Morgan fingerprint density at radius 3 is 2.75 bits per heavy atom. The van der Waals surface area contributed by atoms with E-state index in [4.69, 9.17) is 5.11 Å². The Kier molecular flexibility index (Phi) is 6.15. The van der Waals surface area contributed by atoms with Crippen molar-refractivity contribution in [2.45, 2.75) is 57.8 Å². The molecule has 1 aliphatic rings.